The third kappa shape index (κ3) is 10.4. The van der Waals surface area contributed by atoms with Gasteiger partial charge in [-0.25, -0.2) is 9.59 Å². The summed E-state index contributed by atoms with van der Waals surface area (Å²) in [6.45, 7) is 4.04. The second kappa shape index (κ2) is 21.3. The molecule has 20 nitrogen and oxygen atoms in total. The van der Waals surface area contributed by atoms with Crippen molar-refractivity contribution < 1.29 is 63.0 Å². The van der Waals surface area contributed by atoms with E-state index in [0.29, 0.717) is 95.6 Å². The van der Waals surface area contributed by atoms with Crippen LogP contribution in [0.25, 0.3) is 60.8 Å². The number of carbonyl (C=O) groups excluding carboxylic acids is 4. The molecule has 6 N–H and O–H groups in total. The Bertz CT molecular complexity index is 3860. The number of anilines is 3. The highest BCUT2D eigenvalue weighted by Gasteiger charge is 2.29. The number of allylic oxidation sites excluding steroid dienone is 4. The number of oxazole rings is 1. The van der Waals surface area contributed by atoms with Gasteiger partial charge in [0, 0.05) is 140 Å². The summed E-state index contributed by atoms with van der Waals surface area (Å²) in [6, 6.07) is 24.8. The van der Waals surface area contributed by atoms with Crippen LogP contribution in [0.1, 0.15) is 71.1 Å². The van der Waals surface area contributed by atoms with Crippen LogP contribution in [-0.2, 0) is 39.8 Å². The molecule has 0 radical (unpaired) electrons. The summed E-state index contributed by atoms with van der Waals surface area (Å²) in [5.74, 6) is -1.22. The monoisotopic (exact) mass is 1050 g/mol. The van der Waals surface area contributed by atoms with Gasteiger partial charge in [0.25, 0.3) is 5.52 Å². The Hall–Kier alpha value is -9.59. The van der Waals surface area contributed by atoms with Crippen LogP contribution in [-0.4, -0.2) is 69.3 Å². The standard InChI is InChI=1S/C57H56N8O12/c1-34(66)58-36-18-20-42-38(28-36)40-30-46-48(32-44(40)60(42)3)74-54(62(46)26-12-6-10-16-56(72)76-64-50(68)22-23-51(64)69)14-8-5-9-15-55-63(27-13-7-11-17-57(73)77-65-52(70)24-25-53(65)71)47-31-41-39-29-37(59-35(2)67)19-21-43(39)61(4)45(41)33-49(47)75-55/h5,8-9,14-15,18-25,28-33H,6-7,10-13,16-17,26-27H2,1-4H3,(H5-,58,59,66,67,68,69,70,71)/p+1. The fourth-order valence-corrected chi connectivity index (χ4v) is 9.94. The maximum absolute atomic E-state index is 12.6. The van der Waals surface area contributed by atoms with E-state index in [2.05, 4.69) is 41.4 Å². The van der Waals surface area contributed by atoms with Gasteiger partial charge in [0.1, 0.15) is 0 Å². The Labute approximate surface area is 440 Å². The molecule has 1 aliphatic rings. The van der Waals surface area contributed by atoms with Gasteiger partial charge in [-0.2, -0.15) is 4.57 Å². The van der Waals surface area contributed by atoms with Crippen molar-refractivity contribution in [1.29, 1.82) is 0 Å². The normalized spacial score (nSPS) is 13.1. The summed E-state index contributed by atoms with van der Waals surface area (Å²) in [6.07, 6.45) is 13.2. The van der Waals surface area contributed by atoms with E-state index in [-0.39, 0.29) is 48.2 Å². The molecule has 0 unspecified atom stereocenters. The van der Waals surface area contributed by atoms with Crippen LogP contribution in [0.2, 0.25) is 0 Å². The fraction of sp³-hybridized carbons (Fsp3) is 0.246. The number of amides is 2. The molecule has 0 spiro atoms. The lowest BCUT2D eigenvalue weighted by Crippen LogP contribution is -2.35. The number of unbranched alkanes of at least 4 members (excludes halogenated alkanes) is 4. The summed E-state index contributed by atoms with van der Waals surface area (Å²) >= 11 is 0. The van der Waals surface area contributed by atoms with Crippen molar-refractivity contribution >= 4 is 102 Å². The van der Waals surface area contributed by atoms with E-state index >= 15 is 0 Å². The molecule has 0 aliphatic carbocycles. The van der Waals surface area contributed by atoms with Crippen molar-refractivity contribution in [1.82, 2.24) is 18.6 Å². The van der Waals surface area contributed by atoms with Crippen LogP contribution < -0.4 is 34.5 Å². The molecule has 10 rings (SSSR count). The molecule has 2 amide bonds. The quantitative estimate of drug-likeness (QED) is 0.0252. The number of nitrogens with one attached hydrogen (secondary N) is 2. The highest BCUT2D eigenvalue weighted by Crippen LogP contribution is 2.45. The molecule has 4 aromatic carbocycles. The molecule has 6 heterocycles. The topological polar surface area (TPSA) is 241 Å². The molecule has 20 heteroatoms. The highest BCUT2D eigenvalue weighted by atomic mass is 16.7. The van der Waals surface area contributed by atoms with Crippen LogP contribution in [0.3, 0.4) is 0 Å². The Morgan fingerprint density at radius 3 is 1.70 bits per heavy atom. The van der Waals surface area contributed by atoms with Gasteiger partial charge in [0.15, 0.2) is 12.3 Å². The first kappa shape index (κ1) is 50.9. The number of nitrogens with zero attached hydrogens (tertiary/aromatic N) is 6. The molecule has 396 valence electrons. The zero-order chi connectivity index (χ0) is 54.1. The minimum Gasteiger partial charge on any atom is -0.492 e. The first-order valence-corrected chi connectivity index (χ1v) is 25.2. The van der Waals surface area contributed by atoms with Gasteiger partial charge >= 0.3 is 17.8 Å². The van der Waals surface area contributed by atoms with Crippen LogP contribution in [0.5, 0.6) is 29.3 Å². The SMILES string of the molecule is CC(=O)Nc1ccc2c(c1)c1cc3c(cc1n2C)OC(=CC=CC=Cc1oc2cc4c(cc2[n+]1CCCCCC(=O)On1c(O)ccc1O)c1cc(NC(C)=O)ccc1n4C)N3CCCCCC(=O)On1c(O)ccc1O. The number of rotatable bonds is 19. The van der Waals surface area contributed by atoms with E-state index in [9.17, 15) is 39.6 Å². The number of aromatic nitrogens is 5. The molecule has 0 saturated carbocycles. The minimum absolute atomic E-state index is 0.0692. The Kier molecular flexibility index (Phi) is 14.1. The molecular formula is C57H57N8O12+. The maximum atomic E-state index is 12.6. The van der Waals surface area contributed by atoms with Gasteiger partial charge in [-0.3, -0.25) is 9.59 Å². The molecule has 9 aromatic rings. The molecule has 0 bridgehead atoms. The van der Waals surface area contributed by atoms with E-state index in [1.807, 2.05) is 93.0 Å². The second-order valence-corrected chi connectivity index (χ2v) is 18.9. The van der Waals surface area contributed by atoms with Gasteiger partial charge in [-0.15, -0.1) is 9.46 Å². The van der Waals surface area contributed by atoms with Crippen LogP contribution in [0, 0.1) is 0 Å². The summed E-state index contributed by atoms with van der Waals surface area (Å²) in [7, 11) is 3.98. The van der Waals surface area contributed by atoms with Crippen LogP contribution in [0.15, 0.2) is 120 Å². The minimum atomic E-state index is -0.597. The van der Waals surface area contributed by atoms with E-state index in [4.69, 9.17) is 18.8 Å². The molecule has 0 saturated heterocycles. The number of hydrogen-bond donors (Lipinski definition) is 6. The van der Waals surface area contributed by atoms with E-state index in [0.717, 1.165) is 54.8 Å². The molecule has 0 fully saturated rings. The third-order valence-electron chi connectivity index (χ3n) is 13.6. The smallest absolute Gasteiger partial charge is 0.374 e. The molecule has 77 heavy (non-hydrogen) atoms. The van der Waals surface area contributed by atoms with E-state index in [1.165, 1.54) is 38.1 Å². The zero-order valence-electron chi connectivity index (χ0n) is 42.8. The van der Waals surface area contributed by atoms with Gasteiger partial charge in [-0.05, 0) is 74.2 Å². The third-order valence-corrected chi connectivity index (χ3v) is 13.6. The lowest BCUT2D eigenvalue weighted by Gasteiger charge is -2.18. The highest BCUT2D eigenvalue weighted by molar-refractivity contribution is 6.13. The van der Waals surface area contributed by atoms with Gasteiger partial charge in [-0.1, -0.05) is 24.6 Å². The maximum Gasteiger partial charge on any atom is 0.374 e. The van der Waals surface area contributed by atoms with Gasteiger partial charge in [0.05, 0.1) is 22.8 Å². The summed E-state index contributed by atoms with van der Waals surface area (Å²) in [5.41, 5.74) is 7.63. The first-order valence-electron chi connectivity index (χ1n) is 25.2. The molecule has 0 atom stereocenters. The van der Waals surface area contributed by atoms with Gasteiger partial charge in [0.2, 0.25) is 46.8 Å². The Morgan fingerprint density at radius 2 is 1.13 bits per heavy atom. The summed E-state index contributed by atoms with van der Waals surface area (Å²) in [5, 5.41) is 49.2. The summed E-state index contributed by atoms with van der Waals surface area (Å²) < 4.78 is 20.8. The number of benzene rings is 4. The summed E-state index contributed by atoms with van der Waals surface area (Å²) in [4.78, 5) is 61.5. The number of hydrogen-bond acceptors (Lipinski definition) is 13. The number of carbonyl (C=O) groups is 4. The Morgan fingerprint density at radius 1 is 0.597 bits per heavy atom. The van der Waals surface area contributed by atoms with Crippen molar-refractivity contribution in [2.24, 2.45) is 14.1 Å². The first-order chi connectivity index (χ1) is 37.1. The van der Waals surface area contributed by atoms with E-state index < -0.39 is 11.9 Å². The van der Waals surface area contributed by atoms with Crippen molar-refractivity contribution in [2.45, 2.75) is 71.8 Å². The average Bonchev–Trinajstić information content (AvgIpc) is 4.29. The largest absolute Gasteiger partial charge is 0.492 e. The Balaban J connectivity index is 0.909. The molecular weight excluding hydrogens is 989 g/mol. The lowest BCUT2D eigenvalue weighted by molar-refractivity contribution is -0.678. The number of fused-ring (bicyclic) bond motifs is 8. The van der Waals surface area contributed by atoms with Crippen LogP contribution >= 0.6 is 0 Å². The van der Waals surface area contributed by atoms with Gasteiger partial charge < -0.3 is 63.9 Å². The zero-order valence-corrected chi connectivity index (χ0v) is 42.8. The van der Waals surface area contributed by atoms with Crippen molar-refractivity contribution in [3.8, 4) is 29.3 Å². The number of ether oxygens (including phenoxy) is 1. The molecule has 5 aromatic heterocycles. The number of aromatic hydroxyl groups is 4. The fourth-order valence-electron chi connectivity index (χ4n) is 9.94. The van der Waals surface area contributed by atoms with E-state index in [1.54, 1.807) is 0 Å². The average molecular weight is 1050 g/mol. The number of aryl methyl sites for hydroxylation is 3. The van der Waals surface area contributed by atoms with Crippen molar-refractivity contribution in [2.75, 3.05) is 22.1 Å². The lowest BCUT2D eigenvalue weighted by atomic mass is 10.1. The second-order valence-electron chi connectivity index (χ2n) is 18.9. The van der Waals surface area contributed by atoms with Crippen LogP contribution in [0.4, 0.5) is 17.1 Å². The predicted molar refractivity (Wildman–Crippen MR) is 289 cm³/mol. The predicted octanol–water partition coefficient (Wildman–Crippen LogP) is 9.09. The van der Waals surface area contributed by atoms with Crippen molar-refractivity contribution in [3.05, 3.63) is 121 Å². The van der Waals surface area contributed by atoms with Crippen molar-refractivity contribution in [3.63, 3.8) is 0 Å². The molecule has 1 aliphatic heterocycles.